The van der Waals surface area contributed by atoms with Crippen LogP contribution in [0.15, 0.2) is 48.8 Å². The SMILES string of the molecule is Cc1ccc(C(=O)NNc2ncnc(Nc3ccc(F)c(F)c3)c2[N+](=O)[O-])cc1. The average Bonchev–Trinajstić information content (AvgIpc) is 2.69. The first-order valence-electron chi connectivity index (χ1n) is 8.19. The van der Waals surface area contributed by atoms with Crippen LogP contribution >= 0.6 is 0 Å². The van der Waals surface area contributed by atoms with Gasteiger partial charge in [-0.2, -0.15) is 0 Å². The summed E-state index contributed by atoms with van der Waals surface area (Å²) in [5.41, 5.74) is 5.45. The van der Waals surface area contributed by atoms with E-state index in [2.05, 4.69) is 26.1 Å². The van der Waals surface area contributed by atoms with E-state index in [1.54, 1.807) is 24.3 Å². The molecule has 0 atom stereocenters. The Morgan fingerprint density at radius 2 is 1.72 bits per heavy atom. The maximum absolute atomic E-state index is 13.4. The average molecular weight is 400 g/mol. The summed E-state index contributed by atoms with van der Waals surface area (Å²) in [6.07, 6.45) is 1.01. The van der Waals surface area contributed by atoms with Gasteiger partial charge in [-0.3, -0.25) is 25.8 Å². The molecule has 0 saturated heterocycles. The molecule has 1 amide bonds. The van der Waals surface area contributed by atoms with Crippen LogP contribution in [0.4, 0.5) is 31.8 Å². The van der Waals surface area contributed by atoms with Crippen molar-refractivity contribution >= 4 is 28.9 Å². The van der Waals surface area contributed by atoms with E-state index in [1.807, 2.05) is 6.92 Å². The molecule has 0 fully saturated rings. The standard InChI is InChI=1S/C18H14F2N6O3/c1-10-2-4-11(5-3-10)18(27)25-24-17-15(26(28)29)16(21-9-22-17)23-12-6-7-13(19)14(20)8-12/h2-9H,1H3,(H,25,27)(H2,21,22,23,24). The molecule has 3 aromatic rings. The first-order chi connectivity index (χ1) is 13.8. The van der Waals surface area contributed by atoms with E-state index >= 15 is 0 Å². The fourth-order valence-electron chi connectivity index (χ4n) is 2.34. The van der Waals surface area contributed by atoms with Crippen molar-refractivity contribution in [3.05, 3.63) is 81.7 Å². The van der Waals surface area contributed by atoms with Gasteiger partial charge in [0.2, 0.25) is 11.6 Å². The first-order valence-corrected chi connectivity index (χ1v) is 8.19. The summed E-state index contributed by atoms with van der Waals surface area (Å²) < 4.78 is 26.4. The second kappa shape index (κ2) is 8.25. The molecule has 3 N–H and O–H groups in total. The molecule has 0 spiro atoms. The number of hydrazine groups is 1. The van der Waals surface area contributed by atoms with Crippen LogP contribution < -0.4 is 16.2 Å². The Morgan fingerprint density at radius 1 is 1.03 bits per heavy atom. The molecule has 0 bridgehead atoms. The highest BCUT2D eigenvalue weighted by molar-refractivity contribution is 5.95. The Hall–Kier alpha value is -4.15. The molecule has 0 aliphatic rings. The second-order valence-corrected chi connectivity index (χ2v) is 5.88. The van der Waals surface area contributed by atoms with Gasteiger partial charge in [0.05, 0.1) is 4.92 Å². The molecule has 148 valence electrons. The molecule has 2 aromatic carbocycles. The molecular weight excluding hydrogens is 386 g/mol. The molecule has 3 rings (SSSR count). The lowest BCUT2D eigenvalue weighted by molar-refractivity contribution is -0.383. The fraction of sp³-hybridized carbons (Fsp3) is 0.0556. The van der Waals surface area contributed by atoms with Gasteiger partial charge in [-0.15, -0.1) is 0 Å². The number of nitrogens with one attached hydrogen (secondary N) is 3. The number of carbonyl (C=O) groups is 1. The number of nitro groups is 1. The molecular formula is C18H14F2N6O3. The zero-order valence-corrected chi connectivity index (χ0v) is 14.9. The Balaban J connectivity index is 1.82. The minimum atomic E-state index is -1.13. The molecule has 0 unspecified atom stereocenters. The summed E-state index contributed by atoms with van der Waals surface area (Å²) >= 11 is 0. The number of amides is 1. The maximum Gasteiger partial charge on any atom is 0.355 e. The van der Waals surface area contributed by atoms with Crippen molar-refractivity contribution in [2.24, 2.45) is 0 Å². The monoisotopic (exact) mass is 400 g/mol. The van der Waals surface area contributed by atoms with Crippen LogP contribution in [-0.2, 0) is 0 Å². The van der Waals surface area contributed by atoms with Crippen molar-refractivity contribution in [1.82, 2.24) is 15.4 Å². The molecule has 0 saturated carbocycles. The van der Waals surface area contributed by atoms with Gasteiger partial charge in [-0.1, -0.05) is 17.7 Å². The van der Waals surface area contributed by atoms with Crippen LogP contribution in [0.5, 0.6) is 0 Å². The number of carbonyl (C=O) groups excluding carboxylic acids is 1. The molecule has 1 aromatic heterocycles. The van der Waals surface area contributed by atoms with E-state index in [-0.39, 0.29) is 17.3 Å². The van der Waals surface area contributed by atoms with Gasteiger partial charge in [0.15, 0.2) is 11.6 Å². The molecule has 9 nitrogen and oxygen atoms in total. The van der Waals surface area contributed by atoms with Crippen molar-refractivity contribution in [2.45, 2.75) is 6.92 Å². The number of rotatable bonds is 6. The van der Waals surface area contributed by atoms with Crippen LogP contribution in [-0.4, -0.2) is 20.8 Å². The van der Waals surface area contributed by atoms with Gasteiger partial charge < -0.3 is 5.32 Å². The van der Waals surface area contributed by atoms with E-state index in [0.29, 0.717) is 5.56 Å². The van der Waals surface area contributed by atoms with Gasteiger partial charge in [-0.05, 0) is 31.2 Å². The Kier molecular flexibility index (Phi) is 5.58. The van der Waals surface area contributed by atoms with Crippen LogP contribution in [0.1, 0.15) is 15.9 Å². The predicted octanol–water partition coefficient (Wildman–Crippen LogP) is 3.47. The summed E-state index contributed by atoms with van der Waals surface area (Å²) in [7, 11) is 0. The zero-order valence-electron chi connectivity index (χ0n) is 14.9. The largest absolute Gasteiger partial charge is 0.355 e. The number of hydrogen-bond donors (Lipinski definition) is 3. The maximum atomic E-state index is 13.4. The Bertz CT molecular complexity index is 1080. The van der Waals surface area contributed by atoms with Crippen LogP contribution in [0, 0.1) is 28.7 Å². The smallest absolute Gasteiger partial charge is 0.334 e. The third kappa shape index (κ3) is 4.58. The number of benzene rings is 2. The van der Waals surface area contributed by atoms with Gasteiger partial charge in [-0.25, -0.2) is 18.7 Å². The molecule has 0 aliphatic carbocycles. The van der Waals surface area contributed by atoms with Crippen LogP contribution in [0.3, 0.4) is 0 Å². The predicted molar refractivity (Wildman–Crippen MR) is 101 cm³/mol. The van der Waals surface area contributed by atoms with E-state index < -0.39 is 28.2 Å². The van der Waals surface area contributed by atoms with Crippen molar-refractivity contribution in [2.75, 3.05) is 10.7 Å². The lowest BCUT2D eigenvalue weighted by Gasteiger charge is -2.11. The molecule has 0 radical (unpaired) electrons. The highest BCUT2D eigenvalue weighted by Crippen LogP contribution is 2.31. The number of anilines is 3. The normalized spacial score (nSPS) is 10.3. The Morgan fingerprint density at radius 3 is 2.38 bits per heavy atom. The summed E-state index contributed by atoms with van der Waals surface area (Å²) in [5.74, 6) is -3.30. The van der Waals surface area contributed by atoms with Crippen molar-refractivity contribution in [3.63, 3.8) is 0 Å². The van der Waals surface area contributed by atoms with Crippen molar-refractivity contribution < 1.29 is 18.5 Å². The minimum absolute atomic E-state index is 0.0420. The molecule has 29 heavy (non-hydrogen) atoms. The lowest BCUT2D eigenvalue weighted by atomic mass is 10.1. The number of aryl methyl sites for hydroxylation is 1. The summed E-state index contributed by atoms with van der Waals surface area (Å²) in [6.45, 7) is 1.87. The van der Waals surface area contributed by atoms with Gasteiger partial charge in [0, 0.05) is 17.3 Å². The third-order valence-corrected chi connectivity index (χ3v) is 3.80. The number of hydrogen-bond acceptors (Lipinski definition) is 7. The number of aromatic nitrogens is 2. The minimum Gasteiger partial charge on any atom is -0.334 e. The van der Waals surface area contributed by atoms with Crippen LogP contribution in [0.25, 0.3) is 0 Å². The highest BCUT2D eigenvalue weighted by atomic mass is 19.2. The van der Waals surface area contributed by atoms with E-state index in [1.165, 1.54) is 6.07 Å². The number of halogens is 2. The van der Waals surface area contributed by atoms with Crippen molar-refractivity contribution in [3.8, 4) is 0 Å². The summed E-state index contributed by atoms with van der Waals surface area (Å²) in [4.78, 5) is 30.4. The first kappa shape index (κ1) is 19.6. The highest BCUT2D eigenvalue weighted by Gasteiger charge is 2.24. The molecule has 1 heterocycles. The summed E-state index contributed by atoms with van der Waals surface area (Å²) in [6, 6.07) is 9.56. The number of nitrogens with zero attached hydrogens (tertiary/aromatic N) is 3. The zero-order chi connectivity index (χ0) is 21.0. The van der Waals surface area contributed by atoms with E-state index in [4.69, 9.17) is 0 Å². The van der Waals surface area contributed by atoms with E-state index in [9.17, 15) is 23.7 Å². The molecule has 11 heteroatoms. The fourth-order valence-corrected chi connectivity index (χ4v) is 2.34. The van der Waals surface area contributed by atoms with Crippen molar-refractivity contribution in [1.29, 1.82) is 0 Å². The summed E-state index contributed by atoms with van der Waals surface area (Å²) in [5, 5.41) is 14.0. The quantitative estimate of drug-likeness (QED) is 0.428. The van der Waals surface area contributed by atoms with Gasteiger partial charge >= 0.3 is 5.69 Å². The topological polar surface area (TPSA) is 122 Å². The van der Waals surface area contributed by atoms with Gasteiger partial charge in [0.25, 0.3) is 5.91 Å². The van der Waals surface area contributed by atoms with E-state index in [0.717, 1.165) is 24.0 Å². The third-order valence-electron chi connectivity index (χ3n) is 3.80. The lowest BCUT2D eigenvalue weighted by Crippen LogP contribution is -2.30. The van der Waals surface area contributed by atoms with Gasteiger partial charge in [0.1, 0.15) is 6.33 Å². The molecule has 0 aliphatic heterocycles. The Labute approximate surface area is 162 Å². The van der Waals surface area contributed by atoms with Crippen LogP contribution in [0.2, 0.25) is 0 Å². The second-order valence-electron chi connectivity index (χ2n) is 5.88.